The average Bonchev–Trinajstić information content (AvgIpc) is 2.24. The molecule has 0 amide bonds. The normalized spacial score (nSPS) is 10.3. The van der Waals surface area contributed by atoms with Crippen LogP contribution in [0.15, 0.2) is 30.6 Å². The zero-order chi connectivity index (χ0) is 10.8. The fourth-order valence-electron chi connectivity index (χ4n) is 1.15. The molecule has 0 radical (unpaired) electrons. The molecule has 2 aromatic rings. The standard InChI is InChI=1S/C10H7ClFN3/c11-8-3-1-2-7(9(8)12)10-14-4-6(13)5-15-10/h1-5H,13H2. The second-order valence-electron chi connectivity index (χ2n) is 2.94. The van der Waals surface area contributed by atoms with E-state index in [4.69, 9.17) is 17.3 Å². The number of hydrogen-bond acceptors (Lipinski definition) is 3. The highest BCUT2D eigenvalue weighted by atomic mass is 35.5. The van der Waals surface area contributed by atoms with Crippen molar-refractivity contribution in [2.75, 3.05) is 5.73 Å². The molecule has 0 fully saturated rings. The van der Waals surface area contributed by atoms with E-state index in [1.165, 1.54) is 18.5 Å². The second-order valence-corrected chi connectivity index (χ2v) is 3.35. The van der Waals surface area contributed by atoms with Crippen LogP contribution in [0.2, 0.25) is 5.02 Å². The van der Waals surface area contributed by atoms with Gasteiger partial charge in [0.05, 0.1) is 28.7 Å². The quantitative estimate of drug-likeness (QED) is 0.808. The first-order chi connectivity index (χ1) is 7.18. The van der Waals surface area contributed by atoms with Crippen molar-refractivity contribution >= 4 is 17.3 Å². The highest BCUT2D eigenvalue weighted by Crippen LogP contribution is 2.24. The van der Waals surface area contributed by atoms with Crippen molar-refractivity contribution in [3.63, 3.8) is 0 Å². The maximum absolute atomic E-state index is 13.5. The SMILES string of the molecule is Nc1cnc(-c2cccc(Cl)c2F)nc1. The van der Waals surface area contributed by atoms with E-state index >= 15 is 0 Å². The minimum atomic E-state index is -0.524. The van der Waals surface area contributed by atoms with Gasteiger partial charge in [0, 0.05) is 0 Å². The fraction of sp³-hybridized carbons (Fsp3) is 0. The lowest BCUT2D eigenvalue weighted by Gasteiger charge is -2.02. The summed E-state index contributed by atoms with van der Waals surface area (Å²) >= 11 is 5.64. The Kier molecular flexibility index (Phi) is 2.51. The van der Waals surface area contributed by atoms with Crippen molar-refractivity contribution < 1.29 is 4.39 Å². The minimum absolute atomic E-state index is 0.0490. The number of benzene rings is 1. The Morgan fingerprint density at radius 1 is 1.20 bits per heavy atom. The highest BCUT2D eigenvalue weighted by Gasteiger charge is 2.10. The van der Waals surface area contributed by atoms with E-state index in [0.717, 1.165) is 0 Å². The number of aromatic nitrogens is 2. The van der Waals surface area contributed by atoms with Gasteiger partial charge in [-0.1, -0.05) is 17.7 Å². The lowest BCUT2D eigenvalue weighted by Crippen LogP contribution is -1.94. The summed E-state index contributed by atoms with van der Waals surface area (Å²) in [6.07, 6.45) is 2.84. The van der Waals surface area contributed by atoms with Crippen LogP contribution in [0, 0.1) is 5.82 Å². The third-order valence-electron chi connectivity index (χ3n) is 1.86. The third kappa shape index (κ3) is 1.89. The van der Waals surface area contributed by atoms with Gasteiger partial charge in [-0.15, -0.1) is 0 Å². The number of nitrogen functional groups attached to an aromatic ring is 1. The summed E-state index contributed by atoms with van der Waals surface area (Å²) in [6, 6.07) is 4.67. The largest absolute Gasteiger partial charge is 0.396 e. The molecule has 0 unspecified atom stereocenters. The van der Waals surface area contributed by atoms with E-state index in [1.54, 1.807) is 12.1 Å². The Bertz CT molecular complexity index is 485. The molecule has 2 N–H and O–H groups in total. The van der Waals surface area contributed by atoms with Crippen LogP contribution in [-0.4, -0.2) is 9.97 Å². The summed E-state index contributed by atoms with van der Waals surface area (Å²) in [5.41, 5.74) is 6.13. The zero-order valence-electron chi connectivity index (χ0n) is 7.61. The molecule has 1 aromatic heterocycles. The first-order valence-electron chi connectivity index (χ1n) is 4.20. The predicted molar refractivity (Wildman–Crippen MR) is 56.8 cm³/mol. The molecule has 2 rings (SSSR count). The Balaban J connectivity index is 2.54. The van der Waals surface area contributed by atoms with Crippen LogP contribution >= 0.6 is 11.6 Å². The van der Waals surface area contributed by atoms with Crippen molar-refractivity contribution in [2.24, 2.45) is 0 Å². The zero-order valence-corrected chi connectivity index (χ0v) is 8.37. The molecule has 0 aliphatic heterocycles. The molecule has 0 spiro atoms. The molecule has 76 valence electrons. The first kappa shape index (κ1) is 9.86. The lowest BCUT2D eigenvalue weighted by molar-refractivity contribution is 0.630. The molecule has 5 heteroatoms. The summed E-state index contributed by atoms with van der Waals surface area (Å²) in [5, 5.41) is 0.0490. The van der Waals surface area contributed by atoms with Gasteiger partial charge in [0.25, 0.3) is 0 Å². The van der Waals surface area contributed by atoms with Gasteiger partial charge in [-0.05, 0) is 12.1 Å². The smallest absolute Gasteiger partial charge is 0.162 e. The Labute approximate surface area is 90.7 Å². The van der Waals surface area contributed by atoms with Crippen LogP contribution in [0.25, 0.3) is 11.4 Å². The summed E-state index contributed by atoms with van der Waals surface area (Å²) in [7, 11) is 0. The van der Waals surface area contributed by atoms with E-state index < -0.39 is 5.82 Å². The second kappa shape index (κ2) is 3.82. The van der Waals surface area contributed by atoms with E-state index in [0.29, 0.717) is 5.69 Å². The number of rotatable bonds is 1. The number of hydrogen-bond donors (Lipinski definition) is 1. The monoisotopic (exact) mass is 223 g/mol. The van der Waals surface area contributed by atoms with Gasteiger partial charge in [0.1, 0.15) is 0 Å². The lowest BCUT2D eigenvalue weighted by atomic mass is 10.2. The molecule has 1 heterocycles. The van der Waals surface area contributed by atoms with Crippen LogP contribution in [0.1, 0.15) is 0 Å². The summed E-state index contributed by atoms with van der Waals surface area (Å²) in [6.45, 7) is 0. The van der Waals surface area contributed by atoms with Crippen molar-refractivity contribution in [3.05, 3.63) is 41.4 Å². The van der Waals surface area contributed by atoms with Crippen molar-refractivity contribution in [2.45, 2.75) is 0 Å². The van der Waals surface area contributed by atoms with Crippen LogP contribution in [-0.2, 0) is 0 Å². The van der Waals surface area contributed by atoms with Crippen LogP contribution < -0.4 is 5.73 Å². The van der Waals surface area contributed by atoms with Gasteiger partial charge in [-0.3, -0.25) is 0 Å². The topological polar surface area (TPSA) is 51.8 Å². The summed E-state index contributed by atoms with van der Waals surface area (Å²) < 4.78 is 13.5. The molecule has 1 aromatic carbocycles. The molecule has 0 bridgehead atoms. The minimum Gasteiger partial charge on any atom is -0.396 e. The van der Waals surface area contributed by atoms with E-state index in [9.17, 15) is 4.39 Å². The molecule has 0 aliphatic rings. The van der Waals surface area contributed by atoms with Gasteiger partial charge < -0.3 is 5.73 Å². The van der Waals surface area contributed by atoms with Crippen LogP contribution in [0.4, 0.5) is 10.1 Å². The molecular weight excluding hydrogens is 217 g/mol. The van der Waals surface area contributed by atoms with Gasteiger partial charge in [-0.25, -0.2) is 14.4 Å². The van der Waals surface area contributed by atoms with Crippen LogP contribution in [0.5, 0.6) is 0 Å². The maximum Gasteiger partial charge on any atom is 0.162 e. The molecular formula is C10H7ClFN3. The van der Waals surface area contributed by atoms with E-state index in [1.807, 2.05) is 0 Å². The molecule has 0 saturated carbocycles. The van der Waals surface area contributed by atoms with Crippen molar-refractivity contribution in [3.8, 4) is 11.4 Å². The van der Waals surface area contributed by atoms with Crippen molar-refractivity contribution in [1.29, 1.82) is 0 Å². The summed E-state index contributed by atoms with van der Waals surface area (Å²) in [4.78, 5) is 7.83. The van der Waals surface area contributed by atoms with Gasteiger partial charge in [-0.2, -0.15) is 0 Å². The fourth-order valence-corrected chi connectivity index (χ4v) is 1.33. The highest BCUT2D eigenvalue weighted by molar-refractivity contribution is 6.31. The molecule has 0 atom stereocenters. The van der Waals surface area contributed by atoms with E-state index in [2.05, 4.69) is 9.97 Å². The first-order valence-corrected chi connectivity index (χ1v) is 4.58. The predicted octanol–water partition coefficient (Wildman–Crippen LogP) is 2.52. The molecule has 15 heavy (non-hydrogen) atoms. The Morgan fingerprint density at radius 2 is 1.87 bits per heavy atom. The summed E-state index contributed by atoms with van der Waals surface area (Å²) in [5.74, 6) is -0.256. The van der Waals surface area contributed by atoms with Gasteiger partial charge in [0.15, 0.2) is 11.6 Å². The number of nitrogens with two attached hydrogens (primary N) is 1. The number of anilines is 1. The molecule has 0 saturated heterocycles. The Hall–Kier alpha value is -1.68. The Morgan fingerprint density at radius 3 is 2.53 bits per heavy atom. The van der Waals surface area contributed by atoms with Crippen molar-refractivity contribution in [1.82, 2.24) is 9.97 Å². The maximum atomic E-state index is 13.5. The molecule has 0 aliphatic carbocycles. The van der Waals surface area contributed by atoms with Gasteiger partial charge >= 0.3 is 0 Å². The van der Waals surface area contributed by atoms with Gasteiger partial charge in [0.2, 0.25) is 0 Å². The number of halogens is 2. The molecule has 3 nitrogen and oxygen atoms in total. The average molecular weight is 224 g/mol. The third-order valence-corrected chi connectivity index (χ3v) is 2.16. The van der Waals surface area contributed by atoms with E-state index in [-0.39, 0.29) is 16.4 Å². The van der Waals surface area contributed by atoms with Crippen LogP contribution in [0.3, 0.4) is 0 Å². The number of nitrogens with zero attached hydrogens (tertiary/aromatic N) is 2.